The third-order valence-electron chi connectivity index (χ3n) is 4.43. The number of nitrogens with one attached hydrogen (secondary N) is 2. The molecule has 1 aromatic carbocycles. The molecule has 0 amide bonds. The van der Waals surface area contributed by atoms with E-state index in [0.29, 0.717) is 5.92 Å². The van der Waals surface area contributed by atoms with Gasteiger partial charge in [0.15, 0.2) is 0 Å². The van der Waals surface area contributed by atoms with Gasteiger partial charge in [0.05, 0.1) is 5.69 Å². The first-order valence-electron chi connectivity index (χ1n) is 8.71. The standard InChI is InChI=1S/C20H21N5/c1-2-6-17(7-3-1)23-19-13-18(15-8-11-21-12-9-15)24-20(25-19)16-5-4-10-22-14-16/h1-3,6-9,11-13,16,22H,4-5,10,14H2,(H,23,24,25)/t16-/m1/s1. The minimum Gasteiger partial charge on any atom is -0.340 e. The van der Waals surface area contributed by atoms with Gasteiger partial charge >= 0.3 is 0 Å². The Balaban J connectivity index is 1.72. The van der Waals surface area contributed by atoms with Crippen LogP contribution in [-0.2, 0) is 0 Å². The molecular formula is C20H21N5. The summed E-state index contributed by atoms with van der Waals surface area (Å²) in [6, 6.07) is 16.1. The number of aromatic nitrogens is 3. The summed E-state index contributed by atoms with van der Waals surface area (Å²) in [6.45, 7) is 2.01. The van der Waals surface area contributed by atoms with E-state index in [1.165, 1.54) is 0 Å². The summed E-state index contributed by atoms with van der Waals surface area (Å²) in [5.74, 6) is 2.08. The number of benzene rings is 1. The second-order valence-electron chi connectivity index (χ2n) is 6.27. The Morgan fingerprint density at radius 3 is 2.60 bits per heavy atom. The van der Waals surface area contributed by atoms with Crippen LogP contribution in [0.5, 0.6) is 0 Å². The summed E-state index contributed by atoms with van der Waals surface area (Å²) in [7, 11) is 0. The van der Waals surface area contributed by atoms with Gasteiger partial charge in [-0.3, -0.25) is 4.98 Å². The molecule has 5 heteroatoms. The second kappa shape index (κ2) is 7.40. The van der Waals surface area contributed by atoms with Crippen molar-refractivity contribution in [3.05, 3.63) is 66.7 Å². The van der Waals surface area contributed by atoms with Crippen LogP contribution in [0, 0.1) is 0 Å². The first-order valence-corrected chi connectivity index (χ1v) is 8.71. The molecule has 1 aliphatic rings. The molecule has 0 unspecified atom stereocenters. The van der Waals surface area contributed by atoms with Crippen LogP contribution < -0.4 is 10.6 Å². The van der Waals surface area contributed by atoms with E-state index in [2.05, 4.69) is 15.6 Å². The monoisotopic (exact) mass is 331 g/mol. The molecule has 25 heavy (non-hydrogen) atoms. The number of pyridine rings is 1. The lowest BCUT2D eigenvalue weighted by Gasteiger charge is -2.22. The predicted octanol–water partition coefficient (Wildman–Crippen LogP) is 3.75. The van der Waals surface area contributed by atoms with Crippen LogP contribution in [0.1, 0.15) is 24.6 Å². The van der Waals surface area contributed by atoms with Gasteiger partial charge in [-0.1, -0.05) is 18.2 Å². The van der Waals surface area contributed by atoms with Crippen LogP contribution in [0.2, 0.25) is 0 Å². The number of nitrogens with zero attached hydrogens (tertiary/aromatic N) is 3. The number of para-hydroxylation sites is 1. The molecule has 1 saturated heterocycles. The van der Waals surface area contributed by atoms with Gasteiger partial charge in [-0.25, -0.2) is 9.97 Å². The summed E-state index contributed by atoms with van der Waals surface area (Å²) in [6.07, 6.45) is 5.87. The molecule has 0 aliphatic carbocycles. The molecular weight excluding hydrogens is 310 g/mol. The fraction of sp³-hybridized carbons (Fsp3) is 0.250. The minimum absolute atomic E-state index is 0.354. The topological polar surface area (TPSA) is 62.7 Å². The summed E-state index contributed by atoms with van der Waals surface area (Å²) >= 11 is 0. The van der Waals surface area contributed by atoms with Gasteiger partial charge < -0.3 is 10.6 Å². The van der Waals surface area contributed by atoms with Crippen molar-refractivity contribution in [1.82, 2.24) is 20.3 Å². The predicted molar refractivity (Wildman–Crippen MR) is 99.8 cm³/mol. The molecule has 0 spiro atoms. The van der Waals surface area contributed by atoms with E-state index in [0.717, 1.165) is 54.5 Å². The molecule has 2 aromatic heterocycles. The lowest BCUT2D eigenvalue weighted by molar-refractivity contribution is 0.447. The third-order valence-corrected chi connectivity index (χ3v) is 4.43. The second-order valence-corrected chi connectivity index (χ2v) is 6.27. The molecule has 1 aliphatic heterocycles. The molecule has 0 bridgehead atoms. The molecule has 0 radical (unpaired) electrons. The lowest BCUT2D eigenvalue weighted by Crippen LogP contribution is -2.29. The van der Waals surface area contributed by atoms with E-state index in [1.54, 1.807) is 12.4 Å². The number of anilines is 2. The molecule has 0 saturated carbocycles. The zero-order chi connectivity index (χ0) is 16.9. The summed E-state index contributed by atoms with van der Waals surface area (Å²) in [4.78, 5) is 13.8. The molecule has 4 rings (SSSR count). The first kappa shape index (κ1) is 15.7. The van der Waals surface area contributed by atoms with Gasteiger partial charge in [0.1, 0.15) is 11.6 Å². The highest BCUT2D eigenvalue weighted by Crippen LogP contribution is 2.27. The van der Waals surface area contributed by atoms with Crippen LogP contribution in [-0.4, -0.2) is 28.0 Å². The molecule has 2 N–H and O–H groups in total. The van der Waals surface area contributed by atoms with E-state index >= 15 is 0 Å². The van der Waals surface area contributed by atoms with Crippen LogP contribution >= 0.6 is 0 Å². The SMILES string of the molecule is c1ccc(Nc2cc(-c3ccncc3)nc([C@@H]3CCCNC3)n2)cc1. The molecule has 1 fully saturated rings. The Morgan fingerprint density at radius 2 is 1.84 bits per heavy atom. The van der Waals surface area contributed by atoms with Gasteiger partial charge in [-0.05, 0) is 43.7 Å². The fourth-order valence-electron chi connectivity index (χ4n) is 3.12. The maximum Gasteiger partial charge on any atom is 0.135 e. The largest absolute Gasteiger partial charge is 0.340 e. The van der Waals surface area contributed by atoms with Gasteiger partial charge in [-0.2, -0.15) is 0 Å². The van der Waals surface area contributed by atoms with Gasteiger partial charge in [0.2, 0.25) is 0 Å². The number of piperidine rings is 1. The minimum atomic E-state index is 0.354. The quantitative estimate of drug-likeness (QED) is 0.762. The smallest absolute Gasteiger partial charge is 0.135 e. The van der Waals surface area contributed by atoms with Crippen LogP contribution in [0.15, 0.2) is 60.9 Å². The average Bonchev–Trinajstić information content (AvgIpc) is 2.70. The lowest BCUT2D eigenvalue weighted by atomic mass is 9.98. The average molecular weight is 331 g/mol. The summed E-state index contributed by atoms with van der Waals surface area (Å²) in [5, 5.41) is 6.86. The highest BCUT2D eigenvalue weighted by Gasteiger charge is 2.19. The van der Waals surface area contributed by atoms with E-state index in [4.69, 9.17) is 9.97 Å². The number of rotatable bonds is 4. The normalized spacial score (nSPS) is 17.2. The van der Waals surface area contributed by atoms with Crippen LogP contribution in [0.25, 0.3) is 11.3 Å². The third kappa shape index (κ3) is 3.83. The number of hydrogen-bond acceptors (Lipinski definition) is 5. The van der Waals surface area contributed by atoms with Crippen molar-refractivity contribution in [2.24, 2.45) is 0 Å². The zero-order valence-electron chi connectivity index (χ0n) is 14.0. The van der Waals surface area contributed by atoms with Crippen molar-refractivity contribution < 1.29 is 0 Å². The van der Waals surface area contributed by atoms with E-state index in [-0.39, 0.29) is 0 Å². The fourth-order valence-corrected chi connectivity index (χ4v) is 3.12. The van der Waals surface area contributed by atoms with E-state index in [1.807, 2.05) is 48.5 Å². The maximum atomic E-state index is 4.85. The van der Waals surface area contributed by atoms with Crippen molar-refractivity contribution in [1.29, 1.82) is 0 Å². The molecule has 126 valence electrons. The number of hydrogen-bond donors (Lipinski definition) is 2. The highest BCUT2D eigenvalue weighted by molar-refractivity contribution is 5.65. The molecule has 1 atom stereocenters. The maximum absolute atomic E-state index is 4.85. The van der Waals surface area contributed by atoms with Gasteiger partial charge in [-0.15, -0.1) is 0 Å². The first-order chi connectivity index (χ1) is 12.4. The highest BCUT2D eigenvalue weighted by atomic mass is 15.0. The van der Waals surface area contributed by atoms with E-state index in [9.17, 15) is 0 Å². The zero-order valence-corrected chi connectivity index (χ0v) is 14.0. The van der Waals surface area contributed by atoms with E-state index < -0.39 is 0 Å². The molecule has 3 heterocycles. The molecule has 3 aromatic rings. The molecule has 5 nitrogen and oxygen atoms in total. The Labute approximate surface area is 147 Å². The van der Waals surface area contributed by atoms with Crippen LogP contribution in [0.4, 0.5) is 11.5 Å². The summed E-state index contributed by atoms with van der Waals surface area (Å²) < 4.78 is 0. The van der Waals surface area contributed by atoms with Crippen molar-refractivity contribution in [2.75, 3.05) is 18.4 Å². The van der Waals surface area contributed by atoms with Gasteiger partial charge in [0, 0.05) is 42.2 Å². The van der Waals surface area contributed by atoms with Crippen molar-refractivity contribution in [3.8, 4) is 11.3 Å². The van der Waals surface area contributed by atoms with Crippen molar-refractivity contribution >= 4 is 11.5 Å². The Hall–Kier alpha value is -2.79. The Kier molecular flexibility index (Phi) is 4.65. The summed E-state index contributed by atoms with van der Waals surface area (Å²) in [5.41, 5.74) is 3.00. The van der Waals surface area contributed by atoms with Crippen molar-refractivity contribution in [2.45, 2.75) is 18.8 Å². The van der Waals surface area contributed by atoms with Gasteiger partial charge in [0.25, 0.3) is 0 Å². The Bertz CT molecular complexity index is 814. The van der Waals surface area contributed by atoms with Crippen molar-refractivity contribution in [3.63, 3.8) is 0 Å². The van der Waals surface area contributed by atoms with Crippen LogP contribution in [0.3, 0.4) is 0 Å². The Morgan fingerprint density at radius 1 is 1.00 bits per heavy atom.